The highest BCUT2D eigenvalue weighted by molar-refractivity contribution is 5.64. The Morgan fingerprint density at radius 1 is 1.26 bits per heavy atom. The zero-order valence-electron chi connectivity index (χ0n) is 10.2. The Hall–Kier alpha value is -1.95. The number of aromatic amines is 1. The first-order chi connectivity index (χ1) is 9.24. The van der Waals surface area contributed by atoms with Gasteiger partial charge in [-0.3, -0.25) is 5.10 Å². The van der Waals surface area contributed by atoms with Crippen molar-refractivity contribution in [2.24, 2.45) is 0 Å². The van der Waals surface area contributed by atoms with E-state index in [4.69, 9.17) is 0 Å². The van der Waals surface area contributed by atoms with E-state index in [0.29, 0.717) is 17.6 Å². The number of H-pyrrole nitrogens is 1. The highest BCUT2D eigenvalue weighted by Gasteiger charge is 2.17. The number of hydrogen-bond donors (Lipinski definition) is 3. The number of rotatable bonds is 3. The van der Waals surface area contributed by atoms with Crippen LogP contribution in [0.2, 0.25) is 0 Å². The average molecular weight is 264 g/mol. The highest BCUT2D eigenvalue weighted by Crippen LogP contribution is 2.26. The zero-order valence-corrected chi connectivity index (χ0v) is 10.2. The van der Waals surface area contributed by atoms with Crippen LogP contribution in [-0.4, -0.2) is 29.3 Å². The van der Waals surface area contributed by atoms with E-state index in [-0.39, 0.29) is 5.56 Å². The lowest BCUT2D eigenvalue weighted by Crippen LogP contribution is -2.22. The fourth-order valence-corrected chi connectivity index (χ4v) is 2.27. The molecular formula is C13H14F2N4. The van der Waals surface area contributed by atoms with Crippen LogP contribution in [0, 0.1) is 11.6 Å². The third-order valence-corrected chi connectivity index (χ3v) is 3.22. The molecule has 0 spiro atoms. The molecule has 1 aromatic heterocycles. The number of benzene rings is 1. The predicted octanol–water partition coefficient (Wildman–Crippen LogP) is 2.13. The standard InChI is InChI=1S/C13H14F2N4/c14-9-2-1-3-10(15)13(9)11-6-12(19-18-11)17-8-4-5-16-7-8/h1-3,6,8,16H,4-5,7H2,(H2,17,18,19). The fourth-order valence-electron chi connectivity index (χ4n) is 2.27. The molecule has 1 fully saturated rings. The Balaban J connectivity index is 1.84. The van der Waals surface area contributed by atoms with Gasteiger partial charge in [0.1, 0.15) is 17.5 Å². The van der Waals surface area contributed by atoms with Crippen molar-refractivity contribution in [3.8, 4) is 11.3 Å². The number of halogens is 2. The second-order valence-electron chi connectivity index (χ2n) is 4.60. The van der Waals surface area contributed by atoms with Crippen molar-refractivity contribution in [1.29, 1.82) is 0 Å². The molecule has 1 aliphatic heterocycles. The average Bonchev–Trinajstić information content (AvgIpc) is 3.02. The van der Waals surface area contributed by atoms with Gasteiger partial charge in [-0.25, -0.2) is 8.78 Å². The normalized spacial score (nSPS) is 18.7. The summed E-state index contributed by atoms with van der Waals surface area (Å²) in [6.45, 7) is 1.84. The van der Waals surface area contributed by atoms with Gasteiger partial charge in [0.05, 0.1) is 11.3 Å². The first-order valence-corrected chi connectivity index (χ1v) is 6.21. The van der Waals surface area contributed by atoms with Crippen molar-refractivity contribution >= 4 is 5.82 Å². The number of nitrogens with one attached hydrogen (secondary N) is 3. The van der Waals surface area contributed by atoms with E-state index in [9.17, 15) is 8.78 Å². The molecule has 1 unspecified atom stereocenters. The van der Waals surface area contributed by atoms with E-state index < -0.39 is 11.6 Å². The second-order valence-corrected chi connectivity index (χ2v) is 4.60. The van der Waals surface area contributed by atoms with E-state index in [1.165, 1.54) is 18.2 Å². The molecule has 2 aromatic rings. The molecule has 1 aliphatic rings. The van der Waals surface area contributed by atoms with Gasteiger partial charge in [-0.1, -0.05) is 6.07 Å². The molecule has 3 rings (SSSR count). The molecule has 1 atom stereocenters. The SMILES string of the molecule is Fc1cccc(F)c1-c1cc(NC2CCNC2)n[nH]1. The van der Waals surface area contributed by atoms with Crippen LogP contribution in [0.5, 0.6) is 0 Å². The molecule has 1 aromatic carbocycles. The number of hydrogen-bond acceptors (Lipinski definition) is 3. The number of anilines is 1. The first kappa shape index (κ1) is 12.1. The minimum Gasteiger partial charge on any atom is -0.365 e. The van der Waals surface area contributed by atoms with E-state index in [1.807, 2.05) is 0 Å². The van der Waals surface area contributed by atoms with Crippen molar-refractivity contribution in [3.63, 3.8) is 0 Å². The van der Waals surface area contributed by atoms with Crippen LogP contribution >= 0.6 is 0 Å². The van der Waals surface area contributed by atoms with Crippen molar-refractivity contribution < 1.29 is 8.78 Å². The van der Waals surface area contributed by atoms with Gasteiger partial charge in [0, 0.05) is 18.7 Å². The summed E-state index contributed by atoms with van der Waals surface area (Å²) in [4.78, 5) is 0. The summed E-state index contributed by atoms with van der Waals surface area (Å²) < 4.78 is 27.3. The Morgan fingerprint density at radius 3 is 2.74 bits per heavy atom. The summed E-state index contributed by atoms with van der Waals surface area (Å²) in [6.07, 6.45) is 1.01. The lowest BCUT2D eigenvalue weighted by molar-refractivity contribution is 0.588. The molecule has 2 heterocycles. The van der Waals surface area contributed by atoms with Gasteiger partial charge < -0.3 is 10.6 Å². The fraction of sp³-hybridized carbons (Fsp3) is 0.308. The lowest BCUT2D eigenvalue weighted by Gasteiger charge is -2.08. The van der Waals surface area contributed by atoms with Crippen LogP contribution in [0.3, 0.4) is 0 Å². The molecule has 0 bridgehead atoms. The van der Waals surface area contributed by atoms with Crippen molar-refractivity contribution in [1.82, 2.24) is 15.5 Å². The summed E-state index contributed by atoms with van der Waals surface area (Å²) in [5.74, 6) is -0.596. The largest absolute Gasteiger partial charge is 0.365 e. The quantitative estimate of drug-likeness (QED) is 0.796. The van der Waals surface area contributed by atoms with Gasteiger partial charge in [-0.2, -0.15) is 5.10 Å². The van der Waals surface area contributed by atoms with Gasteiger partial charge in [-0.15, -0.1) is 0 Å². The monoisotopic (exact) mass is 264 g/mol. The van der Waals surface area contributed by atoms with Crippen LogP contribution in [0.15, 0.2) is 24.3 Å². The van der Waals surface area contributed by atoms with Crippen LogP contribution < -0.4 is 10.6 Å². The Morgan fingerprint density at radius 2 is 2.05 bits per heavy atom. The van der Waals surface area contributed by atoms with Crippen molar-refractivity contribution in [3.05, 3.63) is 35.9 Å². The molecule has 0 radical (unpaired) electrons. The maximum absolute atomic E-state index is 13.6. The summed E-state index contributed by atoms with van der Waals surface area (Å²) in [7, 11) is 0. The maximum Gasteiger partial charge on any atom is 0.148 e. The third kappa shape index (κ3) is 2.44. The number of nitrogens with zero attached hydrogens (tertiary/aromatic N) is 1. The number of aromatic nitrogens is 2. The molecule has 0 amide bonds. The molecular weight excluding hydrogens is 250 g/mol. The Labute approximate surface area is 109 Å². The molecule has 0 aliphatic carbocycles. The van der Waals surface area contributed by atoms with E-state index in [2.05, 4.69) is 20.8 Å². The van der Waals surface area contributed by atoms with Crippen molar-refractivity contribution in [2.45, 2.75) is 12.5 Å². The molecule has 6 heteroatoms. The Bertz CT molecular complexity index is 556. The lowest BCUT2D eigenvalue weighted by atomic mass is 10.1. The molecule has 19 heavy (non-hydrogen) atoms. The van der Waals surface area contributed by atoms with Gasteiger partial charge >= 0.3 is 0 Å². The van der Waals surface area contributed by atoms with Gasteiger partial charge in [0.15, 0.2) is 0 Å². The van der Waals surface area contributed by atoms with Gasteiger partial charge in [-0.05, 0) is 25.1 Å². The minimum absolute atomic E-state index is 0.0763. The third-order valence-electron chi connectivity index (χ3n) is 3.22. The smallest absolute Gasteiger partial charge is 0.148 e. The highest BCUT2D eigenvalue weighted by atomic mass is 19.1. The first-order valence-electron chi connectivity index (χ1n) is 6.21. The summed E-state index contributed by atoms with van der Waals surface area (Å²) in [6, 6.07) is 5.73. The summed E-state index contributed by atoms with van der Waals surface area (Å²) >= 11 is 0. The van der Waals surface area contributed by atoms with Crippen LogP contribution in [0.25, 0.3) is 11.3 Å². The molecule has 1 saturated heterocycles. The van der Waals surface area contributed by atoms with E-state index in [0.717, 1.165) is 19.5 Å². The molecule has 3 N–H and O–H groups in total. The minimum atomic E-state index is -0.599. The predicted molar refractivity (Wildman–Crippen MR) is 68.8 cm³/mol. The summed E-state index contributed by atoms with van der Waals surface area (Å²) in [5, 5.41) is 13.2. The zero-order chi connectivity index (χ0) is 13.2. The topological polar surface area (TPSA) is 52.7 Å². The molecule has 0 saturated carbocycles. The van der Waals surface area contributed by atoms with E-state index >= 15 is 0 Å². The summed E-state index contributed by atoms with van der Waals surface area (Å²) in [5.41, 5.74) is 0.261. The van der Waals surface area contributed by atoms with Crippen LogP contribution in [0.4, 0.5) is 14.6 Å². The van der Waals surface area contributed by atoms with Crippen LogP contribution in [-0.2, 0) is 0 Å². The van der Waals surface area contributed by atoms with Gasteiger partial charge in [0.25, 0.3) is 0 Å². The Kier molecular flexibility index (Phi) is 3.16. The second kappa shape index (κ2) is 4.97. The van der Waals surface area contributed by atoms with Crippen molar-refractivity contribution in [2.75, 3.05) is 18.4 Å². The molecule has 4 nitrogen and oxygen atoms in total. The molecule has 100 valence electrons. The maximum atomic E-state index is 13.6. The van der Waals surface area contributed by atoms with Gasteiger partial charge in [0.2, 0.25) is 0 Å². The van der Waals surface area contributed by atoms with E-state index in [1.54, 1.807) is 6.07 Å². The van der Waals surface area contributed by atoms with Crippen LogP contribution in [0.1, 0.15) is 6.42 Å².